The van der Waals surface area contributed by atoms with Crippen LogP contribution in [0.5, 0.6) is 0 Å². The molecule has 1 aliphatic heterocycles. The van der Waals surface area contributed by atoms with Crippen molar-refractivity contribution in [3.05, 3.63) is 53.0 Å². The van der Waals surface area contributed by atoms with E-state index in [2.05, 4.69) is 35.5 Å². The number of nitrogens with one attached hydrogen (secondary N) is 1. The lowest BCUT2D eigenvalue weighted by molar-refractivity contribution is 0.461. The number of aryl methyl sites for hydroxylation is 2. The number of hydrogen-bond acceptors (Lipinski definition) is 3. The molecule has 3 nitrogen and oxygen atoms in total. The van der Waals surface area contributed by atoms with Gasteiger partial charge in [0.2, 0.25) is 0 Å². The molecule has 0 aliphatic carbocycles. The van der Waals surface area contributed by atoms with Crippen LogP contribution in [0.25, 0.3) is 0 Å². The Morgan fingerprint density at radius 3 is 2.90 bits per heavy atom. The van der Waals surface area contributed by atoms with E-state index in [4.69, 9.17) is 4.42 Å². The summed E-state index contributed by atoms with van der Waals surface area (Å²) in [5.41, 5.74) is 4.22. The first-order valence-electron chi connectivity index (χ1n) is 7.31. The fraction of sp³-hybridized carbons (Fsp3) is 0.412. The second-order valence-corrected chi connectivity index (χ2v) is 5.60. The number of rotatable bonds is 4. The Kier molecular flexibility index (Phi) is 3.79. The fourth-order valence-electron chi connectivity index (χ4n) is 2.86. The highest BCUT2D eigenvalue weighted by Crippen LogP contribution is 2.26. The van der Waals surface area contributed by atoms with Crippen molar-refractivity contribution in [1.82, 2.24) is 5.32 Å². The van der Waals surface area contributed by atoms with Crippen molar-refractivity contribution < 1.29 is 4.42 Å². The first-order chi connectivity index (χ1) is 9.72. The van der Waals surface area contributed by atoms with Crippen LogP contribution in [-0.2, 0) is 19.5 Å². The van der Waals surface area contributed by atoms with E-state index in [9.17, 15) is 0 Å². The first-order valence-corrected chi connectivity index (χ1v) is 7.31. The van der Waals surface area contributed by atoms with Gasteiger partial charge in [-0.2, -0.15) is 0 Å². The lowest BCUT2D eigenvalue weighted by Gasteiger charge is -2.27. The third-order valence-corrected chi connectivity index (χ3v) is 3.92. The zero-order valence-corrected chi connectivity index (χ0v) is 12.3. The Balaban J connectivity index is 1.60. The molecule has 1 aliphatic rings. The normalized spacial score (nSPS) is 14.4. The zero-order valence-electron chi connectivity index (χ0n) is 12.3. The second-order valence-electron chi connectivity index (χ2n) is 5.60. The van der Waals surface area contributed by atoms with Crippen molar-refractivity contribution in [3.8, 4) is 0 Å². The van der Waals surface area contributed by atoms with Gasteiger partial charge in [-0.3, -0.25) is 0 Å². The van der Waals surface area contributed by atoms with Crippen LogP contribution < -0.4 is 10.2 Å². The summed E-state index contributed by atoms with van der Waals surface area (Å²) in [5, 5.41) is 3.44. The smallest absolute Gasteiger partial charge is 0.117 e. The van der Waals surface area contributed by atoms with E-state index in [1.165, 1.54) is 36.2 Å². The number of nitrogens with zero attached hydrogens (tertiary/aromatic N) is 1. The molecule has 0 fully saturated rings. The highest BCUT2D eigenvalue weighted by Gasteiger charge is 2.13. The Morgan fingerprint density at radius 2 is 2.10 bits per heavy atom. The molecule has 3 rings (SSSR count). The van der Waals surface area contributed by atoms with Crippen molar-refractivity contribution in [2.75, 3.05) is 18.5 Å². The lowest BCUT2D eigenvalue weighted by Crippen LogP contribution is -2.24. The summed E-state index contributed by atoms with van der Waals surface area (Å²) in [6, 6.07) is 10.9. The van der Waals surface area contributed by atoms with Crippen molar-refractivity contribution in [3.63, 3.8) is 0 Å². The van der Waals surface area contributed by atoms with E-state index in [0.29, 0.717) is 0 Å². The standard InChI is InChI=1S/C17H22N2O/c1-13-5-7-16(20-13)12-18-11-14-6-8-17-15(10-14)4-3-9-19(17)2/h5-8,10,18H,3-4,9,11-12H2,1-2H3. The molecule has 0 spiro atoms. The van der Waals surface area contributed by atoms with Gasteiger partial charge in [-0.15, -0.1) is 0 Å². The average Bonchev–Trinajstić information content (AvgIpc) is 2.85. The molecule has 0 atom stereocenters. The monoisotopic (exact) mass is 270 g/mol. The van der Waals surface area contributed by atoms with E-state index in [1.54, 1.807) is 0 Å². The summed E-state index contributed by atoms with van der Waals surface area (Å²) >= 11 is 0. The summed E-state index contributed by atoms with van der Waals surface area (Å²) in [5.74, 6) is 1.97. The largest absolute Gasteiger partial charge is 0.465 e. The van der Waals surface area contributed by atoms with Crippen molar-refractivity contribution in [2.45, 2.75) is 32.9 Å². The maximum absolute atomic E-state index is 5.56. The molecule has 0 radical (unpaired) electrons. The van der Waals surface area contributed by atoms with Gasteiger partial charge in [-0.1, -0.05) is 12.1 Å². The topological polar surface area (TPSA) is 28.4 Å². The van der Waals surface area contributed by atoms with E-state index in [1.807, 2.05) is 19.1 Å². The highest BCUT2D eigenvalue weighted by atomic mass is 16.3. The van der Waals surface area contributed by atoms with Gasteiger partial charge in [-0.05, 0) is 49.1 Å². The van der Waals surface area contributed by atoms with Crippen molar-refractivity contribution in [1.29, 1.82) is 0 Å². The predicted octanol–water partition coefficient (Wildman–Crippen LogP) is 3.26. The van der Waals surface area contributed by atoms with Gasteiger partial charge in [0.1, 0.15) is 11.5 Å². The molecule has 3 heteroatoms. The molecular weight excluding hydrogens is 248 g/mol. The van der Waals surface area contributed by atoms with Crippen LogP contribution in [0.15, 0.2) is 34.7 Å². The molecule has 1 aromatic heterocycles. The van der Waals surface area contributed by atoms with Gasteiger partial charge in [0.15, 0.2) is 0 Å². The number of fused-ring (bicyclic) bond motifs is 1. The maximum Gasteiger partial charge on any atom is 0.117 e. The Bertz CT molecular complexity index is 588. The Hall–Kier alpha value is -1.74. The molecule has 2 heterocycles. The number of furan rings is 1. The summed E-state index contributed by atoms with van der Waals surface area (Å²) < 4.78 is 5.56. The lowest BCUT2D eigenvalue weighted by atomic mass is 9.99. The van der Waals surface area contributed by atoms with Gasteiger partial charge >= 0.3 is 0 Å². The summed E-state index contributed by atoms with van der Waals surface area (Å²) in [6.07, 6.45) is 2.46. The fourth-order valence-corrected chi connectivity index (χ4v) is 2.86. The molecular formula is C17H22N2O. The van der Waals surface area contributed by atoms with Gasteiger partial charge in [0.05, 0.1) is 6.54 Å². The molecule has 0 unspecified atom stereocenters. The minimum absolute atomic E-state index is 0.783. The Morgan fingerprint density at radius 1 is 1.20 bits per heavy atom. The van der Waals surface area contributed by atoms with Crippen LogP contribution in [-0.4, -0.2) is 13.6 Å². The molecule has 0 saturated heterocycles. The SMILES string of the molecule is Cc1ccc(CNCc2ccc3c(c2)CCCN3C)o1. The summed E-state index contributed by atoms with van der Waals surface area (Å²) in [7, 11) is 2.18. The van der Waals surface area contributed by atoms with Crippen molar-refractivity contribution in [2.24, 2.45) is 0 Å². The van der Waals surface area contributed by atoms with Crippen LogP contribution in [0, 0.1) is 6.92 Å². The predicted molar refractivity (Wildman–Crippen MR) is 82.0 cm³/mol. The van der Waals surface area contributed by atoms with Crippen molar-refractivity contribution >= 4 is 5.69 Å². The zero-order chi connectivity index (χ0) is 13.9. The Labute approximate surface area is 120 Å². The average molecular weight is 270 g/mol. The van der Waals surface area contributed by atoms with Crippen LogP contribution in [0.1, 0.15) is 29.1 Å². The number of hydrogen-bond donors (Lipinski definition) is 1. The third kappa shape index (κ3) is 2.88. The van der Waals surface area contributed by atoms with Crippen LogP contribution in [0.4, 0.5) is 5.69 Å². The summed E-state index contributed by atoms with van der Waals surface area (Å²) in [4.78, 5) is 2.35. The van der Waals surface area contributed by atoms with E-state index < -0.39 is 0 Å². The van der Waals surface area contributed by atoms with Crippen LogP contribution in [0.2, 0.25) is 0 Å². The van der Waals surface area contributed by atoms with Gasteiger partial charge in [-0.25, -0.2) is 0 Å². The minimum Gasteiger partial charge on any atom is -0.465 e. The molecule has 0 bridgehead atoms. The van der Waals surface area contributed by atoms with Gasteiger partial charge < -0.3 is 14.6 Å². The second kappa shape index (κ2) is 5.71. The molecule has 0 amide bonds. The van der Waals surface area contributed by atoms with E-state index >= 15 is 0 Å². The summed E-state index contributed by atoms with van der Waals surface area (Å²) in [6.45, 7) is 4.81. The first kappa shape index (κ1) is 13.3. The molecule has 1 aromatic carbocycles. The molecule has 20 heavy (non-hydrogen) atoms. The minimum atomic E-state index is 0.783. The quantitative estimate of drug-likeness (QED) is 0.924. The van der Waals surface area contributed by atoms with E-state index in [-0.39, 0.29) is 0 Å². The van der Waals surface area contributed by atoms with Gasteiger partial charge in [0, 0.05) is 25.8 Å². The molecule has 0 saturated carbocycles. The van der Waals surface area contributed by atoms with Crippen LogP contribution in [0.3, 0.4) is 0 Å². The molecule has 106 valence electrons. The number of benzene rings is 1. The maximum atomic E-state index is 5.56. The highest BCUT2D eigenvalue weighted by molar-refractivity contribution is 5.56. The third-order valence-electron chi connectivity index (χ3n) is 3.92. The molecule has 2 aromatic rings. The van der Waals surface area contributed by atoms with E-state index in [0.717, 1.165) is 24.6 Å². The number of anilines is 1. The molecule has 1 N–H and O–H groups in total. The van der Waals surface area contributed by atoms with Gasteiger partial charge in [0.25, 0.3) is 0 Å². The van der Waals surface area contributed by atoms with Crippen LogP contribution >= 0.6 is 0 Å².